The molecule has 1 aliphatic carbocycles. The van der Waals surface area contributed by atoms with E-state index in [1.165, 1.54) is 25.7 Å². The van der Waals surface area contributed by atoms with Gasteiger partial charge in [-0.05, 0) is 12.5 Å². The first-order chi connectivity index (χ1) is 6.72. The minimum atomic E-state index is -0.562. The summed E-state index contributed by atoms with van der Waals surface area (Å²) in [7, 11) is 0. The van der Waals surface area contributed by atoms with Gasteiger partial charge in [0.2, 0.25) is 0 Å². The first-order valence-electron chi connectivity index (χ1n) is 5.52. The Balaban J connectivity index is 1.82. The number of allylic oxidation sites excluding steroid dienone is 2. The highest BCUT2D eigenvalue weighted by Crippen LogP contribution is 2.67. The van der Waals surface area contributed by atoms with E-state index >= 15 is 0 Å². The smallest absolute Gasteiger partial charge is 0.148 e. The Labute approximate surface area is 90.3 Å². The highest BCUT2D eigenvalue weighted by atomic mass is 32.2. The molecule has 0 bridgehead atoms. The molecule has 1 saturated heterocycles. The Hall–Kier alpha value is -0.210. The molecule has 2 aliphatic rings. The molecule has 2 heteroatoms. The van der Waals surface area contributed by atoms with Crippen molar-refractivity contribution in [3.8, 4) is 0 Å². The van der Waals surface area contributed by atoms with E-state index in [1.807, 2.05) is 12.2 Å². The van der Waals surface area contributed by atoms with Crippen molar-refractivity contribution >= 4 is 11.8 Å². The third-order valence-electron chi connectivity index (χ3n) is 3.10. The lowest BCUT2D eigenvalue weighted by Gasteiger charge is -2.15. The molecule has 0 aromatic carbocycles. The van der Waals surface area contributed by atoms with Gasteiger partial charge in [0.15, 0.2) is 0 Å². The van der Waals surface area contributed by atoms with Crippen LogP contribution in [0.2, 0.25) is 0 Å². The number of rotatable bonds is 5. The first kappa shape index (κ1) is 10.3. The standard InChI is InChI=1S/C12H18OS/c1-2-3-4-5-8-11-9-6-7-10-12(11,13)14-11/h6-7,9-10,13H,2-5,8H2,1H3. The van der Waals surface area contributed by atoms with Gasteiger partial charge < -0.3 is 5.11 Å². The van der Waals surface area contributed by atoms with E-state index in [-0.39, 0.29) is 4.75 Å². The van der Waals surface area contributed by atoms with Crippen molar-refractivity contribution in [1.82, 2.24) is 0 Å². The molecular formula is C12H18OS. The average molecular weight is 210 g/mol. The summed E-state index contributed by atoms with van der Waals surface area (Å²) in [4.78, 5) is -0.562. The zero-order valence-electron chi connectivity index (χ0n) is 8.70. The predicted octanol–water partition coefficient (Wildman–Crippen LogP) is 3.26. The number of hydrogen-bond acceptors (Lipinski definition) is 2. The molecular weight excluding hydrogens is 192 g/mol. The van der Waals surface area contributed by atoms with Crippen LogP contribution in [0.4, 0.5) is 0 Å². The number of aliphatic hydroxyl groups is 1. The minimum absolute atomic E-state index is 0.0372. The van der Waals surface area contributed by atoms with Crippen LogP contribution in [-0.2, 0) is 0 Å². The monoisotopic (exact) mass is 210 g/mol. The highest BCUT2D eigenvalue weighted by molar-refractivity contribution is 8.09. The van der Waals surface area contributed by atoms with Crippen LogP contribution < -0.4 is 0 Å². The van der Waals surface area contributed by atoms with E-state index in [0.717, 1.165) is 6.42 Å². The summed E-state index contributed by atoms with van der Waals surface area (Å²) < 4.78 is 0.0372. The summed E-state index contributed by atoms with van der Waals surface area (Å²) >= 11 is 1.69. The molecule has 1 N–H and O–H groups in total. The van der Waals surface area contributed by atoms with Gasteiger partial charge in [0, 0.05) is 0 Å². The largest absolute Gasteiger partial charge is 0.374 e. The molecule has 0 radical (unpaired) electrons. The van der Waals surface area contributed by atoms with Crippen LogP contribution in [0.1, 0.15) is 39.0 Å². The number of hydrogen-bond donors (Lipinski definition) is 1. The predicted molar refractivity (Wildman–Crippen MR) is 62.3 cm³/mol. The summed E-state index contributed by atoms with van der Waals surface area (Å²) in [5.41, 5.74) is 0. The maximum atomic E-state index is 10.1. The molecule has 2 atom stereocenters. The third kappa shape index (κ3) is 1.66. The molecule has 0 aromatic heterocycles. The van der Waals surface area contributed by atoms with Crippen LogP contribution >= 0.6 is 11.8 Å². The quantitative estimate of drug-likeness (QED) is 0.555. The third-order valence-corrected chi connectivity index (χ3v) is 4.73. The van der Waals surface area contributed by atoms with Crippen LogP contribution in [0.5, 0.6) is 0 Å². The summed E-state index contributed by atoms with van der Waals surface area (Å²) in [6.07, 6.45) is 14.4. The van der Waals surface area contributed by atoms with Gasteiger partial charge in [0.1, 0.15) is 4.93 Å². The Morgan fingerprint density at radius 1 is 1.14 bits per heavy atom. The van der Waals surface area contributed by atoms with Crippen LogP contribution in [0.3, 0.4) is 0 Å². The van der Waals surface area contributed by atoms with Crippen LogP contribution in [-0.4, -0.2) is 14.8 Å². The Morgan fingerprint density at radius 2 is 1.93 bits per heavy atom. The summed E-state index contributed by atoms with van der Waals surface area (Å²) in [6, 6.07) is 0. The number of fused-ring (bicyclic) bond motifs is 1. The second-order valence-electron chi connectivity index (χ2n) is 4.22. The molecule has 0 saturated carbocycles. The fraction of sp³-hybridized carbons (Fsp3) is 0.667. The van der Waals surface area contributed by atoms with Crippen LogP contribution in [0, 0.1) is 0 Å². The van der Waals surface area contributed by atoms with Gasteiger partial charge in [-0.2, -0.15) is 0 Å². The lowest BCUT2D eigenvalue weighted by atomic mass is 9.92. The molecule has 2 unspecified atom stereocenters. The number of thioether (sulfide) groups is 1. The molecule has 1 aliphatic heterocycles. The van der Waals surface area contributed by atoms with Gasteiger partial charge in [-0.25, -0.2) is 0 Å². The van der Waals surface area contributed by atoms with Gasteiger partial charge in [0.05, 0.1) is 4.75 Å². The second kappa shape index (κ2) is 3.74. The van der Waals surface area contributed by atoms with E-state index in [1.54, 1.807) is 11.8 Å². The van der Waals surface area contributed by atoms with E-state index < -0.39 is 4.93 Å². The lowest BCUT2D eigenvalue weighted by Crippen LogP contribution is -2.23. The van der Waals surface area contributed by atoms with Crippen molar-refractivity contribution < 1.29 is 5.11 Å². The molecule has 0 aromatic rings. The van der Waals surface area contributed by atoms with E-state index in [2.05, 4.69) is 19.1 Å². The zero-order chi connectivity index (χ0) is 10.1. The van der Waals surface area contributed by atoms with Gasteiger partial charge >= 0.3 is 0 Å². The highest BCUT2D eigenvalue weighted by Gasteiger charge is 2.65. The normalized spacial score (nSPS) is 38.4. The summed E-state index contributed by atoms with van der Waals surface area (Å²) in [5, 5.41) is 10.1. The minimum Gasteiger partial charge on any atom is -0.374 e. The van der Waals surface area contributed by atoms with Crippen LogP contribution in [0.15, 0.2) is 24.3 Å². The summed E-state index contributed by atoms with van der Waals surface area (Å²) in [5.74, 6) is 0. The lowest BCUT2D eigenvalue weighted by molar-refractivity contribution is 0.193. The molecule has 2 rings (SSSR count). The molecule has 1 nitrogen and oxygen atoms in total. The fourth-order valence-corrected chi connectivity index (χ4v) is 3.39. The second-order valence-corrected chi connectivity index (χ2v) is 5.77. The van der Waals surface area contributed by atoms with Gasteiger partial charge in [-0.15, -0.1) is 11.8 Å². The average Bonchev–Trinajstić information content (AvgIpc) is 2.79. The Morgan fingerprint density at radius 3 is 2.64 bits per heavy atom. The molecule has 0 amide bonds. The van der Waals surface area contributed by atoms with E-state index in [9.17, 15) is 5.11 Å². The molecule has 14 heavy (non-hydrogen) atoms. The maximum absolute atomic E-state index is 10.1. The number of unbranched alkanes of at least 4 members (excludes halogenated alkanes) is 3. The van der Waals surface area contributed by atoms with Crippen molar-refractivity contribution in [1.29, 1.82) is 0 Å². The van der Waals surface area contributed by atoms with Gasteiger partial charge in [-0.3, -0.25) is 0 Å². The molecule has 78 valence electrons. The Bertz CT molecular complexity index is 271. The SMILES string of the molecule is CCCCCCC12C=CC=CC1(O)S2. The first-order valence-corrected chi connectivity index (χ1v) is 6.34. The van der Waals surface area contributed by atoms with Crippen molar-refractivity contribution in [3.05, 3.63) is 24.3 Å². The van der Waals surface area contributed by atoms with Crippen LogP contribution in [0.25, 0.3) is 0 Å². The Kier molecular flexibility index (Phi) is 2.76. The topological polar surface area (TPSA) is 20.2 Å². The molecule has 0 spiro atoms. The van der Waals surface area contributed by atoms with E-state index in [4.69, 9.17) is 0 Å². The maximum Gasteiger partial charge on any atom is 0.148 e. The molecule has 1 heterocycles. The van der Waals surface area contributed by atoms with Crippen molar-refractivity contribution in [2.45, 2.75) is 48.7 Å². The summed E-state index contributed by atoms with van der Waals surface area (Å²) in [6.45, 7) is 2.23. The van der Waals surface area contributed by atoms with Crippen molar-refractivity contribution in [2.24, 2.45) is 0 Å². The zero-order valence-corrected chi connectivity index (χ0v) is 9.52. The molecule has 1 fully saturated rings. The fourth-order valence-electron chi connectivity index (χ4n) is 2.11. The van der Waals surface area contributed by atoms with Gasteiger partial charge in [0.25, 0.3) is 0 Å². The van der Waals surface area contributed by atoms with E-state index in [0.29, 0.717) is 0 Å². The van der Waals surface area contributed by atoms with Crippen molar-refractivity contribution in [2.75, 3.05) is 0 Å². The van der Waals surface area contributed by atoms with Gasteiger partial charge in [-0.1, -0.05) is 50.8 Å². The van der Waals surface area contributed by atoms with Crippen molar-refractivity contribution in [3.63, 3.8) is 0 Å².